The summed E-state index contributed by atoms with van der Waals surface area (Å²) in [4.78, 5) is 35.3. The molecule has 1 fully saturated rings. The van der Waals surface area contributed by atoms with Gasteiger partial charge in [0.2, 0.25) is 11.8 Å². The first-order chi connectivity index (χ1) is 12.3. The second-order valence-electron chi connectivity index (χ2n) is 5.52. The lowest BCUT2D eigenvalue weighted by molar-refractivity contribution is -0.122. The summed E-state index contributed by atoms with van der Waals surface area (Å²) in [6.45, 7) is 3.55. The smallest absolute Gasteiger partial charge is 0.335 e. The maximum absolute atomic E-state index is 12.3. The van der Waals surface area contributed by atoms with Crippen LogP contribution >= 0.6 is 11.8 Å². The van der Waals surface area contributed by atoms with Gasteiger partial charge in [-0.05, 0) is 32.0 Å². The molecule has 0 spiro atoms. The minimum Gasteiger partial charge on any atom is -0.495 e. The van der Waals surface area contributed by atoms with Gasteiger partial charge in [-0.25, -0.2) is 4.79 Å². The lowest BCUT2D eigenvalue weighted by Crippen LogP contribution is -2.28. The van der Waals surface area contributed by atoms with Crippen LogP contribution in [0.25, 0.3) is 0 Å². The van der Waals surface area contributed by atoms with Crippen molar-refractivity contribution in [3.63, 3.8) is 0 Å². The quantitative estimate of drug-likeness (QED) is 0.510. The Hall–Kier alpha value is -2.88. The highest BCUT2D eigenvalue weighted by molar-refractivity contribution is 8.15. The molecule has 0 aromatic heterocycles. The van der Waals surface area contributed by atoms with E-state index in [1.807, 2.05) is 0 Å². The molecule has 0 saturated carbocycles. The first-order valence-corrected chi connectivity index (χ1v) is 8.45. The SMILES string of the molecule is COc1ccc(C(=O)O)cc1NC(=O)CC1SC(=NN=C(C)C)NC1=O. The van der Waals surface area contributed by atoms with Gasteiger partial charge in [0, 0.05) is 12.1 Å². The van der Waals surface area contributed by atoms with E-state index in [4.69, 9.17) is 9.84 Å². The standard InChI is InChI=1S/C16H18N4O5S/c1-8(2)19-20-16-18-14(22)12(26-16)7-13(21)17-10-6-9(15(23)24)4-5-11(10)25-3/h4-6,12H,7H2,1-3H3,(H,17,21)(H,23,24)(H,18,20,22). The number of nitrogens with zero attached hydrogens (tertiary/aromatic N) is 2. The number of hydrogen-bond donors (Lipinski definition) is 3. The third kappa shape index (κ3) is 5.06. The molecule has 0 bridgehead atoms. The molecule has 0 aliphatic carbocycles. The van der Waals surface area contributed by atoms with Crippen molar-refractivity contribution in [3.8, 4) is 5.75 Å². The van der Waals surface area contributed by atoms with E-state index in [0.717, 1.165) is 17.5 Å². The van der Waals surface area contributed by atoms with Gasteiger partial charge in [-0.1, -0.05) is 11.8 Å². The number of rotatable bonds is 6. The first-order valence-electron chi connectivity index (χ1n) is 7.57. The van der Waals surface area contributed by atoms with Crippen LogP contribution in [0, 0.1) is 0 Å². The minimum absolute atomic E-state index is 0.0105. The second kappa shape index (κ2) is 8.48. The molecule has 1 aliphatic heterocycles. The number of hydrogen-bond acceptors (Lipinski definition) is 7. The van der Waals surface area contributed by atoms with E-state index in [1.54, 1.807) is 13.8 Å². The third-order valence-electron chi connectivity index (χ3n) is 3.21. The predicted molar refractivity (Wildman–Crippen MR) is 98.9 cm³/mol. The van der Waals surface area contributed by atoms with Crippen molar-refractivity contribution in [1.82, 2.24) is 5.32 Å². The molecule has 0 radical (unpaired) electrons. The summed E-state index contributed by atoms with van der Waals surface area (Å²) in [5, 5.41) is 21.6. The minimum atomic E-state index is -1.12. The fraction of sp³-hybridized carbons (Fsp3) is 0.312. The molecular formula is C16H18N4O5S. The molecule has 3 N–H and O–H groups in total. The van der Waals surface area contributed by atoms with Crippen molar-refractivity contribution < 1.29 is 24.2 Å². The topological polar surface area (TPSA) is 129 Å². The molecule has 1 saturated heterocycles. The highest BCUT2D eigenvalue weighted by Crippen LogP contribution is 2.27. The average molecular weight is 378 g/mol. The molecule has 1 aromatic rings. The first kappa shape index (κ1) is 19.4. The Morgan fingerprint density at radius 1 is 1.38 bits per heavy atom. The van der Waals surface area contributed by atoms with Crippen LogP contribution in [0.4, 0.5) is 5.69 Å². The number of carboxylic acids is 1. The Labute approximate surface area is 153 Å². The normalized spacial score (nSPS) is 17.6. The fourth-order valence-electron chi connectivity index (χ4n) is 2.04. The van der Waals surface area contributed by atoms with Crippen molar-refractivity contribution in [1.29, 1.82) is 0 Å². The van der Waals surface area contributed by atoms with E-state index in [0.29, 0.717) is 10.9 Å². The summed E-state index contributed by atoms with van der Waals surface area (Å²) in [7, 11) is 1.41. The predicted octanol–water partition coefficient (Wildman–Crippen LogP) is 1.71. The van der Waals surface area contributed by atoms with E-state index >= 15 is 0 Å². The number of carbonyl (C=O) groups is 3. The molecule has 1 aromatic carbocycles. The van der Waals surface area contributed by atoms with Gasteiger partial charge in [0.25, 0.3) is 0 Å². The third-order valence-corrected chi connectivity index (χ3v) is 4.28. The molecule has 1 aliphatic rings. The lowest BCUT2D eigenvalue weighted by Gasteiger charge is -2.12. The zero-order valence-corrected chi connectivity index (χ0v) is 15.2. The molecule has 1 atom stereocenters. The summed E-state index contributed by atoms with van der Waals surface area (Å²) in [5.41, 5.74) is 0.969. The van der Waals surface area contributed by atoms with E-state index < -0.39 is 17.1 Å². The van der Waals surface area contributed by atoms with Crippen LogP contribution in [0.1, 0.15) is 30.6 Å². The van der Waals surface area contributed by atoms with Gasteiger partial charge in [0.05, 0.1) is 18.4 Å². The molecular weight excluding hydrogens is 360 g/mol. The molecule has 10 heteroatoms. The van der Waals surface area contributed by atoms with Gasteiger partial charge in [-0.3, -0.25) is 9.59 Å². The van der Waals surface area contributed by atoms with Gasteiger partial charge in [-0.15, -0.1) is 5.10 Å². The van der Waals surface area contributed by atoms with Gasteiger partial charge in [-0.2, -0.15) is 5.10 Å². The highest BCUT2D eigenvalue weighted by atomic mass is 32.2. The Balaban J connectivity index is 2.06. The van der Waals surface area contributed by atoms with Crippen molar-refractivity contribution in [3.05, 3.63) is 23.8 Å². The zero-order chi connectivity index (χ0) is 19.3. The number of aromatic carboxylic acids is 1. The number of amides is 2. The summed E-state index contributed by atoms with van der Waals surface area (Å²) in [5.74, 6) is -1.59. The van der Waals surface area contributed by atoms with Crippen molar-refractivity contribution in [2.24, 2.45) is 10.2 Å². The van der Waals surface area contributed by atoms with E-state index in [9.17, 15) is 14.4 Å². The summed E-state index contributed by atoms with van der Waals surface area (Å²) in [6, 6.07) is 4.12. The molecule has 26 heavy (non-hydrogen) atoms. The number of nitrogens with one attached hydrogen (secondary N) is 2. The van der Waals surface area contributed by atoms with E-state index in [1.165, 1.54) is 25.3 Å². The van der Waals surface area contributed by atoms with Crippen molar-refractivity contribution in [2.75, 3.05) is 12.4 Å². The number of thioether (sulfide) groups is 1. The average Bonchev–Trinajstić information content (AvgIpc) is 2.92. The van der Waals surface area contributed by atoms with Gasteiger partial charge in [0.15, 0.2) is 5.17 Å². The molecule has 1 unspecified atom stereocenters. The number of carboxylic acid groups (broad SMARTS) is 1. The van der Waals surface area contributed by atoms with Gasteiger partial charge < -0.3 is 20.5 Å². The lowest BCUT2D eigenvalue weighted by atomic mass is 10.1. The zero-order valence-electron chi connectivity index (χ0n) is 14.4. The van der Waals surface area contributed by atoms with Gasteiger partial charge >= 0.3 is 5.97 Å². The largest absolute Gasteiger partial charge is 0.495 e. The van der Waals surface area contributed by atoms with Crippen LogP contribution in [0.15, 0.2) is 28.4 Å². The number of benzene rings is 1. The summed E-state index contributed by atoms with van der Waals surface area (Å²) >= 11 is 1.11. The van der Waals surface area contributed by atoms with Crippen LogP contribution in [-0.4, -0.2) is 46.1 Å². The number of anilines is 1. The molecule has 2 amide bonds. The Morgan fingerprint density at radius 3 is 2.73 bits per heavy atom. The summed E-state index contributed by atoms with van der Waals surface area (Å²) in [6.07, 6.45) is -0.106. The number of ether oxygens (including phenoxy) is 1. The Kier molecular flexibility index (Phi) is 6.34. The van der Waals surface area contributed by atoms with Crippen LogP contribution in [0.3, 0.4) is 0 Å². The molecule has 2 rings (SSSR count). The van der Waals surface area contributed by atoms with Crippen LogP contribution < -0.4 is 15.4 Å². The van der Waals surface area contributed by atoms with Gasteiger partial charge in [0.1, 0.15) is 11.0 Å². The van der Waals surface area contributed by atoms with Crippen molar-refractivity contribution in [2.45, 2.75) is 25.5 Å². The van der Waals surface area contributed by atoms with Crippen LogP contribution in [0.5, 0.6) is 5.75 Å². The van der Waals surface area contributed by atoms with Crippen LogP contribution in [-0.2, 0) is 9.59 Å². The fourth-order valence-corrected chi connectivity index (χ4v) is 2.96. The monoisotopic (exact) mass is 378 g/mol. The molecule has 138 valence electrons. The second-order valence-corrected chi connectivity index (χ2v) is 6.71. The highest BCUT2D eigenvalue weighted by Gasteiger charge is 2.32. The van der Waals surface area contributed by atoms with Crippen LogP contribution in [0.2, 0.25) is 0 Å². The Morgan fingerprint density at radius 2 is 2.12 bits per heavy atom. The number of methoxy groups -OCH3 is 1. The maximum atomic E-state index is 12.3. The van der Waals surface area contributed by atoms with E-state index in [2.05, 4.69) is 20.8 Å². The molecule has 1 heterocycles. The van der Waals surface area contributed by atoms with Crippen molar-refractivity contribution >= 4 is 46.1 Å². The van der Waals surface area contributed by atoms with E-state index in [-0.39, 0.29) is 23.6 Å². The maximum Gasteiger partial charge on any atom is 0.335 e. The Bertz CT molecular complexity index is 802. The number of carbonyl (C=O) groups excluding carboxylic acids is 2. The number of amidine groups is 1. The molecule has 9 nitrogen and oxygen atoms in total. The summed E-state index contributed by atoms with van der Waals surface area (Å²) < 4.78 is 5.12.